The third kappa shape index (κ3) is 2.98. The molecule has 25 heavy (non-hydrogen) atoms. The maximum Gasteiger partial charge on any atom is 0.290 e. The lowest BCUT2D eigenvalue weighted by atomic mass is 10.1. The number of rotatable bonds is 4. The number of carbonyl (C=O) groups excluding carboxylic acids is 1. The molecule has 2 aromatic heterocycles. The zero-order chi connectivity index (χ0) is 17.4. The average molecular weight is 337 g/mol. The average Bonchev–Trinajstić information content (AvgIpc) is 3.23. The van der Waals surface area contributed by atoms with Crippen molar-refractivity contribution in [3.05, 3.63) is 53.3 Å². The van der Waals surface area contributed by atoms with Gasteiger partial charge in [0.1, 0.15) is 0 Å². The summed E-state index contributed by atoms with van der Waals surface area (Å²) in [4.78, 5) is 22.3. The first-order valence-corrected chi connectivity index (χ1v) is 8.34. The van der Waals surface area contributed by atoms with Crippen molar-refractivity contribution in [3.63, 3.8) is 0 Å². The molecule has 1 atom stereocenters. The molecule has 3 heterocycles. The number of aryl methyl sites for hydroxylation is 1. The molecular weight excluding hydrogens is 318 g/mol. The molecule has 0 spiro atoms. The molecule has 7 nitrogen and oxygen atoms in total. The van der Waals surface area contributed by atoms with Gasteiger partial charge in [0.25, 0.3) is 11.7 Å². The minimum atomic E-state index is -0.671. The summed E-state index contributed by atoms with van der Waals surface area (Å²) in [6.07, 6.45) is 1.96. The van der Waals surface area contributed by atoms with E-state index in [-0.39, 0.29) is 11.9 Å². The van der Waals surface area contributed by atoms with Crippen LogP contribution in [0.25, 0.3) is 10.9 Å². The fourth-order valence-corrected chi connectivity index (χ4v) is 3.51. The second kappa shape index (κ2) is 6.25. The van der Waals surface area contributed by atoms with Crippen molar-refractivity contribution in [2.45, 2.75) is 32.4 Å². The minimum absolute atomic E-state index is 0.00725. The van der Waals surface area contributed by atoms with Gasteiger partial charge in [0.2, 0.25) is 5.89 Å². The highest BCUT2D eigenvalue weighted by Crippen LogP contribution is 2.33. The van der Waals surface area contributed by atoms with Crippen LogP contribution in [-0.4, -0.2) is 32.5 Å². The van der Waals surface area contributed by atoms with Gasteiger partial charge < -0.3 is 10.3 Å². The first-order chi connectivity index (χ1) is 12.1. The van der Waals surface area contributed by atoms with Gasteiger partial charge in [0.05, 0.1) is 11.6 Å². The van der Waals surface area contributed by atoms with Crippen LogP contribution in [0.2, 0.25) is 0 Å². The zero-order valence-corrected chi connectivity index (χ0v) is 14.0. The lowest BCUT2D eigenvalue weighted by Gasteiger charge is -2.22. The molecule has 0 saturated carbocycles. The van der Waals surface area contributed by atoms with Gasteiger partial charge >= 0.3 is 0 Å². The topological polar surface area (TPSA) is 98.1 Å². The predicted octanol–water partition coefficient (Wildman–Crippen LogP) is 2.36. The highest BCUT2D eigenvalue weighted by atomic mass is 16.5. The van der Waals surface area contributed by atoms with E-state index in [1.54, 1.807) is 0 Å². The van der Waals surface area contributed by atoms with E-state index >= 15 is 0 Å². The van der Waals surface area contributed by atoms with Crippen LogP contribution in [0.4, 0.5) is 0 Å². The van der Waals surface area contributed by atoms with E-state index in [1.165, 1.54) is 5.56 Å². The summed E-state index contributed by atoms with van der Waals surface area (Å²) >= 11 is 0. The Bertz CT molecular complexity index is 936. The molecule has 4 rings (SSSR count). The predicted molar refractivity (Wildman–Crippen MR) is 91.7 cm³/mol. The normalized spacial score (nSPS) is 18.0. The number of pyridine rings is 1. The molecule has 128 valence electrons. The van der Waals surface area contributed by atoms with Gasteiger partial charge in [-0.1, -0.05) is 23.4 Å². The van der Waals surface area contributed by atoms with Gasteiger partial charge in [0.15, 0.2) is 0 Å². The van der Waals surface area contributed by atoms with E-state index in [9.17, 15) is 4.79 Å². The maximum absolute atomic E-state index is 11.2. The molecule has 2 N–H and O–H groups in total. The molecule has 0 aliphatic carbocycles. The molecule has 1 fully saturated rings. The fraction of sp³-hybridized carbons (Fsp3) is 0.333. The van der Waals surface area contributed by atoms with Crippen LogP contribution in [0.3, 0.4) is 0 Å². The Labute approximate surface area is 144 Å². The number of carbonyl (C=O) groups is 1. The lowest BCUT2D eigenvalue weighted by Crippen LogP contribution is -2.23. The smallest absolute Gasteiger partial charge is 0.290 e. The van der Waals surface area contributed by atoms with E-state index < -0.39 is 5.91 Å². The number of benzene rings is 1. The summed E-state index contributed by atoms with van der Waals surface area (Å²) in [5.74, 6) is -0.274. The fourth-order valence-electron chi connectivity index (χ4n) is 3.51. The van der Waals surface area contributed by atoms with Crippen LogP contribution in [0, 0.1) is 6.92 Å². The Morgan fingerprint density at radius 1 is 1.36 bits per heavy atom. The van der Waals surface area contributed by atoms with Gasteiger partial charge in [-0.2, -0.15) is 4.98 Å². The highest BCUT2D eigenvalue weighted by Gasteiger charge is 2.31. The Morgan fingerprint density at radius 2 is 2.20 bits per heavy atom. The van der Waals surface area contributed by atoms with E-state index in [0.717, 1.165) is 42.5 Å². The summed E-state index contributed by atoms with van der Waals surface area (Å²) in [6.45, 7) is 3.71. The van der Waals surface area contributed by atoms with Crippen LogP contribution >= 0.6 is 0 Å². The third-order valence-electron chi connectivity index (χ3n) is 4.61. The van der Waals surface area contributed by atoms with E-state index in [2.05, 4.69) is 32.2 Å². The number of likely N-dealkylation sites (tertiary alicyclic amines) is 1. The number of hydrogen-bond donors (Lipinski definition) is 1. The van der Waals surface area contributed by atoms with Crippen molar-refractivity contribution in [2.75, 3.05) is 6.54 Å². The standard InChI is InChI=1S/C18H19N5O2/c1-11-9-12(13-5-2-3-6-14(13)20-11)10-23-8-4-7-15(23)18-21-17(16(19)24)22-25-18/h2-3,5-6,9,15H,4,7-8,10H2,1H3,(H2,19,24)/t15-/m1/s1. The summed E-state index contributed by atoms with van der Waals surface area (Å²) in [6, 6.07) is 10.3. The molecular formula is C18H19N5O2. The number of nitrogens with two attached hydrogens (primary N) is 1. The van der Waals surface area contributed by atoms with Crippen LogP contribution in [0.1, 0.15) is 46.7 Å². The molecule has 1 saturated heterocycles. The number of amides is 1. The minimum Gasteiger partial charge on any atom is -0.363 e. The number of primary amides is 1. The molecule has 0 bridgehead atoms. The Morgan fingerprint density at radius 3 is 3.00 bits per heavy atom. The summed E-state index contributed by atoms with van der Waals surface area (Å²) < 4.78 is 5.27. The number of para-hydroxylation sites is 1. The molecule has 3 aromatic rings. The second-order valence-corrected chi connectivity index (χ2v) is 6.39. The SMILES string of the molecule is Cc1cc(CN2CCC[C@@H]2c2nc(C(N)=O)no2)c2ccccc2n1. The van der Waals surface area contributed by atoms with E-state index in [1.807, 2.05) is 25.1 Å². The number of nitrogens with zero attached hydrogens (tertiary/aromatic N) is 4. The molecule has 0 radical (unpaired) electrons. The monoisotopic (exact) mass is 337 g/mol. The first kappa shape index (κ1) is 15.7. The molecule has 7 heteroatoms. The first-order valence-electron chi connectivity index (χ1n) is 8.34. The van der Waals surface area contributed by atoms with Crippen molar-refractivity contribution < 1.29 is 9.32 Å². The van der Waals surface area contributed by atoms with Crippen molar-refractivity contribution in [1.82, 2.24) is 20.0 Å². The highest BCUT2D eigenvalue weighted by molar-refractivity contribution is 5.88. The zero-order valence-electron chi connectivity index (χ0n) is 14.0. The molecule has 0 unspecified atom stereocenters. The second-order valence-electron chi connectivity index (χ2n) is 6.39. The molecule has 1 aliphatic heterocycles. The van der Waals surface area contributed by atoms with Crippen LogP contribution < -0.4 is 5.73 Å². The Kier molecular flexibility index (Phi) is 3.93. The van der Waals surface area contributed by atoms with Crippen molar-refractivity contribution in [1.29, 1.82) is 0 Å². The quantitative estimate of drug-likeness (QED) is 0.785. The third-order valence-corrected chi connectivity index (χ3v) is 4.61. The Balaban J connectivity index is 1.64. The van der Waals surface area contributed by atoms with Gasteiger partial charge in [0, 0.05) is 17.6 Å². The van der Waals surface area contributed by atoms with Gasteiger partial charge in [-0.05, 0) is 44.0 Å². The van der Waals surface area contributed by atoms with Crippen LogP contribution in [0.5, 0.6) is 0 Å². The number of fused-ring (bicyclic) bond motifs is 1. The lowest BCUT2D eigenvalue weighted by molar-refractivity contribution is 0.0987. The molecule has 1 aromatic carbocycles. The van der Waals surface area contributed by atoms with Gasteiger partial charge in [-0.3, -0.25) is 14.7 Å². The van der Waals surface area contributed by atoms with E-state index in [4.69, 9.17) is 10.3 Å². The van der Waals surface area contributed by atoms with Gasteiger partial charge in [-0.25, -0.2) is 0 Å². The van der Waals surface area contributed by atoms with Crippen LogP contribution in [-0.2, 0) is 6.54 Å². The van der Waals surface area contributed by atoms with Crippen molar-refractivity contribution in [2.24, 2.45) is 5.73 Å². The summed E-state index contributed by atoms with van der Waals surface area (Å²) in [5, 5.41) is 4.82. The maximum atomic E-state index is 11.2. The Hall–Kier alpha value is -2.80. The summed E-state index contributed by atoms with van der Waals surface area (Å²) in [5.41, 5.74) is 8.45. The van der Waals surface area contributed by atoms with Crippen LogP contribution in [0.15, 0.2) is 34.9 Å². The van der Waals surface area contributed by atoms with Gasteiger partial charge in [-0.15, -0.1) is 0 Å². The van der Waals surface area contributed by atoms with Crippen molar-refractivity contribution in [3.8, 4) is 0 Å². The van der Waals surface area contributed by atoms with Crippen molar-refractivity contribution >= 4 is 16.8 Å². The molecule has 1 aliphatic rings. The molecule has 1 amide bonds. The summed E-state index contributed by atoms with van der Waals surface area (Å²) in [7, 11) is 0. The van der Waals surface area contributed by atoms with E-state index in [0.29, 0.717) is 5.89 Å². The number of aromatic nitrogens is 3. The largest absolute Gasteiger partial charge is 0.363 e. The number of hydrogen-bond acceptors (Lipinski definition) is 6.